The Morgan fingerprint density at radius 3 is 2.45 bits per heavy atom. The summed E-state index contributed by atoms with van der Waals surface area (Å²) < 4.78 is 0. The van der Waals surface area contributed by atoms with Crippen LogP contribution in [0.3, 0.4) is 0 Å². The molecule has 1 N–H and O–H groups in total. The number of aliphatic hydroxyl groups excluding tert-OH is 1. The molecule has 2 heteroatoms. The van der Waals surface area contributed by atoms with Gasteiger partial charge in [-0.15, -0.1) is 0 Å². The molecule has 2 nitrogen and oxygen atoms in total. The van der Waals surface area contributed by atoms with E-state index in [0.717, 1.165) is 29.3 Å². The van der Waals surface area contributed by atoms with Gasteiger partial charge in [0.1, 0.15) is 0 Å². The Labute approximate surface area is 120 Å². The second-order valence-corrected chi connectivity index (χ2v) is 5.97. The fourth-order valence-corrected chi connectivity index (χ4v) is 3.42. The van der Waals surface area contributed by atoms with Crippen LogP contribution in [0.15, 0.2) is 36.5 Å². The van der Waals surface area contributed by atoms with Crippen LogP contribution in [0.25, 0.3) is 10.9 Å². The molecule has 0 aliphatic heterocycles. The number of pyridine rings is 1. The van der Waals surface area contributed by atoms with Crippen molar-refractivity contribution >= 4 is 10.9 Å². The van der Waals surface area contributed by atoms with E-state index >= 15 is 0 Å². The van der Waals surface area contributed by atoms with Gasteiger partial charge in [0, 0.05) is 17.1 Å². The predicted octanol–water partition coefficient (Wildman–Crippen LogP) is 4.63. The third-order valence-electron chi connectivity index (χ3n) is 4.58. The highest BCUT2D eigenvalue weighted by Gasteiger charge is 2.23. The molecule has 1 aromatic heterocycles. The topological polar surface area (TPSA) is 33.1 Å². The number of hydrogen-bond acceptors (Lipinski definition) is 2. The highest BCUT2D eigenvalue weighted by Crippen LogP contribution is 2.35. The summed E-state index contributed by atoms with van der Waals surface area (Å²) in [6, 6.07) is 10.2. The van der Waals surface area contributed by atoms with Gasteiger partial charge in [0.25, 0.3) is 0 Å². The maximum atomic E-state index is 10.8. The molecular formula is C18H23NO. The zero-order chi connectivity index (χ0) is 13.8. The zero-order valence-electron chi connectivity index (χ0n) is 12.0. The van der Waals surface area contributed by atoms with Crippen molar-refractivity contribution in [3.8, 4) is 0 Å². The van der Waals surface area contributed by atoms with E-state index in [2.05, 4.69) is 17.1 Å². The molecule has 1 aliphatic carbocycles. The van der Waals surface area contributed by atoms with Crippen molar-refractivity contribution in [2.45, 2.75) is 51.0 Å². The lowest BCUT2D eigenvalue weighted by atomic mass is 9.84. The molecule has 0 amide bonds. The number of fused-ring (bicyclic) bond motifs is 1. The van der Waals surface area contributed by atoms with Gasteiger partial charge in [-0.25, -0.2) is 0 Å². The van der Waals surface area contributed by atoms with E-state index in [-0.39, 0.29) is 6.10 Å². The third-order valence-corrected chi connectivity index (χ3v) is 4.58. The average Bonchev–Trinajstić information content (AvgIpc) is 2.46. The van der Waals surface area contributed by atoms with Crippen LogP contribution in [0.5, 0.6) is 0 Å². The van der Waals surface area contributed by atoms with Gasteiger partial charge in [-0.3, -0.25) is 4.98 Å². The van der Waals surface area contributed by atoms with E-state index in [4.69, 9.17) is 0 Å². The first-order valence-electron chi connectivity index (χ1n) is 7.88. The normalized spacial score (nSPS) is 19.4. The summed E-state index contributed by atoms with van der Waals surface area (Å²) in [6.45, 7) is 0. The number of hydrogen-bond donors (Lipinski definition) is 1. The summed E-state index contributed by atoms with van der Waals surface area (Å²) in [5, 5.41) is 11.9. The van der Waals surface area contributed by atoms with E-state index in [9.17, 15) is 5.11 Å². The Hall–Kier alpha value is -1.41. The summed E-state index contributed by atoms with van der Waals surface area (Å²) in [7, 11) is 0. The monoisotopic (exact) mass is 269 g/mol. The third kappa shape index (κ3) is 2.85. The second-order valence-electron chi connectivity index (χ2n) is 5.97. The molecular weight excluding hydrogens is 246 g/mol. The predicted molar refractivity (Wildman–Crippen MR) is 82.5 cm³/mol. The van der Waals surface area contributed by atoms with Crippen molar-refractivity contribution in [3.05, 3.63) is 42.1 Å². The van der Waals surface area contributed by atoms with E-state index in [0.29, 0.717) is 5.92 Å². The first-order chi connectivity index (χ1) is 9.86. The van der Waals surface area contributed by atoms with Crippen LogP contribution < -0.4 is 0 Å². The first kappa shape index (κ1) is 13.6. The fraction of sp³-hybridized carbons (Fsp3) is 0.500. The molecule has 1 aliphatic rings. The fourth-order valence-electron chi connectivity index (χ4n) is 3.42. The van der Waals surface area contributed by atoms with Crippen LogP contribution in [0, 0.1) is 5.92 Å². The van der Waals surface area contributed by atoms with Gasteiger partial charge in [-0.05, 0) is 24.8 Å². The molecule has 106 valence electrons. The summed E-state index contributed by atoms with van der Waals surface area (Å²) in [5.74, 6) is 0.392. The van der Waals surface area contributed by atoms with E-state index in [1.165, 1.54) is 32.1 Å². The molecule has 1 heterocycles. The number of aromatic nitrogens is 1. The van der Waals surface area contributed by atoms with Gasteiger partial charge < -0.3 is 5.11 Å². The minimum Gasteiger partial charge on any atom is -0.388 e. The van der Waals surface area contributed by atoms with Gasteiger partial charge in [0.2, 0.25) is 0 Å². The molecule has 2 aromatic rings. The van der Waals surface area contributed by atoms with Crippen molar-refractivity contribution < 1.29 is 5.11 Å². The molecule has 0 spiro atoms. The quantitative estimate of drug-likeness (QED) is 0.862. The van der Waals surface area contributed by atoms with Crippen LogP contribution >= 0.6 is 0 Å². The highest BCUT2D eigenvalue weighted by molar-refractivity contribution is 5.81. The van der Waals surface area contributed by atoms with E-state index in [1.807, 2.05) is 24.4 Å². The minimum atomic E-state index is -0.369. The van der Waals surface area contributed by atoms with Gasteiger partial charge >= 0.3 is 0 Å². The van der Waals surface area contributed by atoms with Gasteiger partial charge in [0.15, 0.2) is 0 Å². The maximum absolute atomic E-state index is 10.8. The molecule has 0 saturated heterocycles. The molecule has 3 rings (SSSR count). The smallest absolute Gasteiger partial charge is 0.0839 e. The molecule has 1 saturated carbocycles. The summed E-state index contributed by atoms with van der Waals surface area (Å²) in [6.07, 6.45) is 10.2. The lowest BCUT2D eigenvalue weighted by Gasteiger charge is -2.25. The molecule has 0 bridgehead atoms. The molecule has 1 fully saturated rings. The van der Waals surface area contributed by atoms with E-state index in [1.54, 1.807) is 0 Å². The first-order valence-corrected chi connectivity index (χ1v) is 7.88. The Bertz CT molecular complexity index is 553. The summed E-state index contributed by atoms with van der Waals surface area (Å²) >= 11 is 0. The number of aliphatic hydroxyl groups is 1. The van der Waals surface area contributed by atoms with Gasteiger partial charge in [-0.2, -0.15) is 0 Å². The van der Waals surface area contributed by atoms with Crippen molar-refractivity contribution in [3.63, 3.8) is 0 Å². The SMILES string of the molecule is OC(c1cccc2cccnc12)C1CCCCCCC1. The van der Waals surface area contributed by atoms with Crippen molar-refractivity contribution in [1.82, 2.24) is 4.98 Å². The number of benzene rings is 1. The van der Waals surface area contributed by atoms with Crippen LogP contribution in [-0.4, -0.2) is 10.1 Å². The Balaban J connectivity index is 1.89. The second kappa shape index (κ2) is 6.36. The highest BCUT2D eigenvalue weighted by atomic mass is 16.3. The number of para-hydroxylation sites is 1. The van der Waals surface area contributed by atoms with Gasteiger partial charge in [-0.1, -0.05) is 56.4 Å². The average molecular weight is 269 g/mol. The van der Waals surface area contributed by atoms with Crippen molar-refractivity contribution in [2.24, 2.45) is 5.92 Å². The number of rotatable bonds is 2. The van der Waals surface area contributed by atoms with Gasteiger partial charge in [0.05, 0.1) is 11.6 Å². The molecule has 1 aromatic carbocycles. The lowest BCUT2D eigenvalue weighted by Crippen LogP contribution is -2.15. The van der Waals surface area contributed by atoms with Crippen LogP contribution in [0.2, 0.25) is 0 Å². The summed E-state index contributed by atoms with van der Waals surface area (Å²) in [4.78, 5) is 4.48. The molecule has 1 atom stereocenters. The minimum absolute atomic E-state index is 0.369. The standard InChI is InChI=1S/C18H23NO/c20-18(15-8-4-2-1-3-5-9-15)16-12-6-10-14-11-7-13-19-17(14)16/h6-7,10-13,15,18,20H,1-5,8-9H2. The summed E-state index contributed by atoms with van der Waals surface area (Å²) in [5.41, 5.74) is 1.97. The maximum Gasteiger partial charge on any atom is 0.0839 e. The number of nitrogens with zero attached hydrogens (tertiary/aromatic N) is 1. The van der Waals surface area contributed by atoms with Crippen LogP contribution in [0.1, 0.15) is 56.6 Å². The largest absolute Gasteiger partial charge is 0.388 e. The zero-order valence-corrected chi connectivity index (χ0v) is 12.0. The van der Waals surface area contributed by atoms with Crippen molar-refractivity contribution in [1.29, 1.82) is 0 Å². The lowest BCUT2D eigenvalue weighted by molar-refractivity contribution is 0.0924. The Morgan fingerprint density at radius 1 is 0.950 bits per heavy atom. The Kier molecular flexibility index (Phi) is 4.31. The van der Waals surface area contributed by atoms with Crippen LogP contribution in [0.4, 0.5) is 0 Å². The molecule has 0 radical (unpaired) electrons. The van der Waals surface area contributed by atoms with Crippen molar-refractivity contribution in [2.75, 3.05) is 0 Å². The molecule has 20 heavy (non-hydrogen) atoms. The van der Waals surface area contributed by atoms with E-state index < -0.39 is 0 Å². The molecule has 1 unspecified atom stereocenters. The van der Waals surface area contributed by atoms with Crippen LogP contribution in [-0.2, 0) is 0 Å². The Morgan fingerprint density at radius 2 is 1.65 bits per heavy atom.